The summed E-state index contributed by atoms with van der Waals surface area (Å²) in [6.45, 7) is 2.30. The Balaban J connectivity index is 1.62. The molecule has 1 atom stereocenters. The van der Waals surface area contributed by atoms with E-state index in [-0.39, 0.29) is 11.3 Å². The maximum absolute atomic E-state index is 13.3. The van der Waals surface area contributed by atoms with Gasteiger partial charge in [-0.1, -0.05) is 54.2 Å². The molecular weight excluding hydrogens is 563 g/mol. The van der Waals surface area contributed by atoms with Crippen molar-refractivity contribution in [3.63, 3.8) is 0 Å². The second-order valence-electron chi connectivity index (χ2n) is 7.70. The molecule has 3 N–H and O–H groups in total. The Morgan fingerprint density at radius 1 is 1.15 bits per heavy atom. The minimum absolute atomic E-state index is 0.102. The SMILES string of the molecule is CCOc1cc([C@@H]2Nc3ccccc3-c3c(=O)[nH]c(SCc4ccccc4)n[n+]32)cc(I)c1O. The van der Waals surface area contributed by atoms with Crippen molar-refractivity contribution in [2.75, 3.05) is 11.9 Å². The van der Waals surface area contributed by atoms with Crippen molar-refractivity contribution in [1.29, 1.82) is 0 Å². The first-order valence-corrected chi connectivity index (χ1v) is 12.9. The summed E-state index contributed by atoms with van der Waals surface area (Å²) >= 11 is 3.56. The highest BCUT2D eigenvalue weighted by Gasteiger charge is 2.38. The van der Waals surface area contributed by atoms with Gasteiger partial charge >= 0.3 is 11.3 Å². The summed E-state index contributed by atoms with van der Waals surface area (Å²) in [6, 6.07) is 21.4. The predicted molar refractivity (Wildman–Crippen MR) is 140 cm³/mol. The van der Waals surface area contributed by atoms with Gasteiger partial charge in [0, 0.05) is 16.4 Å². The Morgan fingerprint density at radius 2 is 1.91 bits per heavy atom. The average Bonchev–Trinajstić information content (AvgIpc) is 2.85. The number of hydrogen-bond acceptors (Lipinski definition) is 6. The van der Waals surface area contributed by atoms with Crippen LogP contribution < -0.4 is 20.3 Å². The number of aromatic nitrogens is 3. The molecule has 0 saturated carbocycles. The van der Waals surface area contributed by atoms with Crippen LogP contribution in [-0.2, 0) is 5.75 Å². The Hall–Kier alpha value is -3.05. The van der Waals surface area contributed by atoms with Crippen LogP contribution in [0.25, 0.3) is 11.3 Å². The molecule has 0 fully saturated rings. The normalized spacial score (nSPS) is 14.1. The number of benzene rings is 3. The lowest BCUT2D eigenvalue weighted by Gasteiger charge is -2.23. The molecule has 9 heteroatoms. The number of nitrogens with one attached hydrogen (secondary N) is 2. The van der Waals surface area contributed by atoms with Gasteiger partial charge in [0.1, 0.15) is 0 Å². The van der Waals surface area contributed by atoms with Crippen LogP contribution in [0, 0.1) is 3.57 Å². The number of ether oxygens (including phenoxy) is 1. The molecule has 0 saturated heterocycles. The Labute approximate surface area is 214 Å². The van der Waals surface area contributed by atoms with Crippen LogP contribution in [0.3, 0.4) is 0 Å². The molecule has 0 spiro atoms. The van der Waals surface area contributed by atoms with Crippen LogP contribution in [-0.4, -0.2) is 21.8 Å². The van der Waals surface area contributed by atoms with Gasteiger partial charge < -0.3 is 15.2 Å². The van der Waals surface area contributed by atoms with Crippen molar-refractivity contribution < 1.29 is 14.5 Å². The molecule has 5 rings (SSSR count). The number of anilines is 1. The van der Waals surface area contributed by atoms with Gasteiger partial charge in [-0.05, 0) is 64.0 Å². The van der Waals surface area contributed by atoms with Crippen LogP contribution in [0.2, 0.25) is 0 Å². The molecule has 1 aliphatic heterocycles. The lowest BCUT2D eigenvalue weighted by atomic mass is 10.0. The summed E-state index contributed by atoms with van der Waals surface area (Å²) in [4.78, 5) is 16.3. The van der Waals surface area contributed by atoms with E-state index in [0.29, 0.717) is 32.5 Å². The number of thioether (sulfide) groups is 1. The van der Waals surface area contributed by atoms with Crippen LogP contribution >= 0.6 is 34.4 Å². The second-order valence-corrected chi connectivity index (χ2v) is 9.83. The smallest absolute Gasteiger partial charge is 0.325 e. The Kier molecular flexibility index (Phi) is 6.46. The lowest BCUT2D eigenvalue weighted by molar-refractivity contribution is -0.759. The molecule has 172 valence electrons. The molecule has 0 aliphatic carbocycles. The standard InChI is InChI=1S/C25H21IN4O3S/c1-2-33-20-13-16(12-18(26)22(20)31)23-27-19-11-7-6-10-17(19)21-24(32)28-25(29-30(21)23)34-14-15-8-4-3-5-9-15/h3-13,23H,2,14H2,1H3,(H2,28,29,31,32)/p+1/t23-/m1/s1. The number of para-hydroxylation sites is 1. The van der Waals surface area contributed by atoms with Gasteiger partial charge in [-0.3, -0.25) is 9.78 Å². The molecule has 0 amide bonds. The zero-order chi connectivity index (χ0) is 23.7. The highest BCUT2D eigenvalue weighted by Crippen LogP contribution is 2.37. The highest BCUT2D eigenvalue weighted by atomic mass is 127. The van der Waals surface area contributed by atoms with E-state index in [0.717, 1.165) is 22.4 Å². The number of phenolic OH excluding ortho intramolecular Hbond substituents is 1. The van der Waals surface area contributed by atoms with E-state index in [1.807, 2.05) is 67.6 Å². The predicted octanol–water partition coefficient (Wildman–Crippen LogP) is 4.70. The summed E-state index contributed by atoms with van der Waals surface area (Å²) in [7, 11) is 0. The average molecular weight is 585 g/mol. The number of hydrogen-bond donors (Lipinski definition) is 3. The molecule has 4 aromatic rings. The number of fused-ring (bicyclic) bond motifs is 3. The first-order chi connectivity index (χ1) is 16.5. The first kappa shape index (κ1) is 22.7. The molecular formula is C25H22IN4O3S+. The second kappa shape index (κ2) is 9.67. The van der Waals surface area contributed by atoms with Gasteiger partial charge in [0.25, 0.3) is 6.17 Å². The third-order valence-corrected chi connectivity index (χ3v) is 7.22. The Morgan fingerprint density at radius 3 is 2.71 bits per heavy atom. The summed E-state index contributed by atoms with van der Waals surface area (Å²) in [5.41, 5.74) is 3.86. The third kappa shape index (κ3) is 4.37. The molecule has 0 radical (unpaired) electrons. The van der Waals surface area contributed by atoms with Crippen LogP contribution in [0.5, 0.6) is 11.5 Å². The molecule has 0 bridgehead atoms. The van der Waals surface area contributed by atoms with Gasteiger partial charge in [0.2, 0.25) is 5.16 Å². The molecule has 3 aromatic carbocycles. The van der Waals surface area contributed by atoms with Gasteiger partial charge in [-0.15, -0.1) is 0 Å². The number of H-pyrrole nitrogens is 1. The summed E-state index contributed by atoms with van der Waals surface area (Å²) < 4.78 is 8.04. The van der Waals surface area contributed by atoms with Crippen molar-refractivity contribution in [3.05, 3.63) is 91.8 Å². The highest BCUT2D eigenvalue weighted by molar-refractivity contribution is 14.1. The van der Waals surface area contributed by atoms with E-state index in [4.69, 9.17) is 9.84 Å². The summed E-state index contributed by atoms with van der Waals surface area (Å²) in [5.74, 6) is 1.19. The molecule has 1 aromatic heterocycles. The third-order valence-electron chi connectivity index (χ3n) is 5.47. The summed E-state index contributed by atoms with van der Waals surface area (Å²) in [5, 5.41) is 19.3. The number of aromatic hydroxyl groups is 1. The number of rotatable bonds is 6. The van der Waals surface area contributed by atoms with Gasteiger partial charge in [-0.2, -0.15) is 0 Å². The number of nitrogens with zero attached hydrogens (tertiary/aromatic N) is 2. The van der Waals surface area contributed by atoms with E-state index in [2.05, 4.69) is 32.9 Å². The maximum atomic E-state index is 13.3. The fraction of sp³-hybridized carbons (Fsp3) is 0.160. The van der Waals surface area contributed by atoms with Crippen molar-refractivity contribution in [3.8, 4) is 22.8 Å². The van der Waals surface area contributed by atoms with E-state index in [1.54, 1.807) is 10.7 Å². The van der Waals surface area contributed by atoms with Crippen LogP contribution in [0.4, 0.5) is 5.69 Å². The van der Waals surface area contributed by atoms with Crippen LogP contribution in [0.1, 0.15) is 24.2 Å². The van der Waals surface area contributed by atoms with E-state index >= 15 is 0 Å². The monoisotopic (exact) mass is 585 g/mol. The Bertz CT molecular complexity index is 1410. The molecule has 1 aliphatic rings. The fourth-order valence-corrected chi connectivity index (χ4v) is 5.35. The largest absolute Gasteiger partial charge is 0.504 e. The topological polar surface area (TPSA) is 91.1 Å². The van der Waals surface area contributed by atoms with Crippen molar-refractivity contribution in [2.45, 2.75) is 24.0 Å². The van der Waals surface area contributed by atoms with Crippen molar-refractivity contribution >= 4 is 40.0 Å². The quantitative estimate of drug-likeness (QED) is 0.173. The lowest BCUT2D eigenvalue weighted by Crippen LogP contribution is -2.55. The minimum atomic E-state index is -0.461. The van der Waals surface area contributed by atoms with E-state index < -0.39 is 6.17 Å². The van der Waals surface area contributed by atoms with Crippen LogP contribution in [0.15, 0.2) is 76.7 Å². The molecule has 7 nitrogen and oxygen atoms in total. The van der Waals surface area contributed by atoms with Gasteiger partial charge in [0.05, 0.1) is 21.4 Å². The molecule has 0 unspecified atom stereocenters. The number of phenols is 1. The molecule has 2 heterocycles. The van der Waals surface area contributed by atoms with Crippen molar-refractivity contribution in [2.24, 2.45) is 0 Å². The zero-order valence-corrected chi connectivity index (χ0v) is 21.3. The molecule has 34 heavy (non-hydrogen) atoms. The van der Waals surface area contributed by atoms with E-state index in [1.165, 1.54) is 11.8 Å². The maximum Gasteiger partial charge on any atom is 0.325 e. The first-order valence-electron chi connectivity index (χ1n) is 10.8. The summed E-state index contributed by atoms with van der Waals surface area (Å²) in [6.07, 6.45) is -0.461. The minimum Gasteiger partial charge on any atom is -0.504 e. The fourth-order valence-electron chi connectivity index (χ4n) is 3.92. The zero-order valence-electron chi connectivity index (χ0n) is 18.3. The van der Waals surface area contributed by atoms with Crippen molar-refractivity contribution in [1.82, 2.24) is 10.1 Å². The number of aromatic amines is 1. The van der Waals surface area contributed by atoms with E-state index in [9.17, 15) is 9.90 Å². The van der Waals surface area contributed by atoms with Gasteiger partial charge in [-0.25, -0.2) is 0 Å². The number of halogens is 1. The van der Waals surface area contributed by atoms with Gasteiger partial charge in [0.15, 0.2) is 11.5 Å².